The molecule has 3 rings (SSSR count). The summed E-state index contributed by atoms with van der Waals surface area (Å²) >= 11 is 0. The largest absolute Gasteiger partial charge is 0.285 e. The highest BCUT2D eigenvalue weighted by Gasteiger charge is 2.13. The molecule has 0 aromatic heterocycles. The number of anilines is 1. The summed E-state index contributed by atoms with van der Waals surface area (Å²) in [5.41, 5.74) is 3.95. The number of para-hydroxylation sites is 1. The van der Waals surface area contributed by atoms with E-state index in [1.807, 2.05) is 61.5 Å². The predicted molar refractivity (Wildman–Crippen MR) is 99.1 cm³/mol. The van der Waals surface area contributed by atoms with Gasteiger partial charge in [0.05, 0.1) is 10.5 Å². The highest BCUT2D eigenvalue weighted by Crippen LogP contribution is 2.16. The fourth-order valence-corrected chi connectivity index (χ4v) is 2.44. The van der Waals surface area contributed by atoms with Gasteiger partial charge in [-0.05, 0) is 42.8 Å². The molecule has 0 aliphatic rings. The monoisotopic (exact) mass is 332 g/mol. The molecule has 3 aromatic rings. The van der Waals surface area contributed by atoms with E-state index in [1.54, 1.807) is 12.1 Å². The molecule has 0 saturated heterocycles. The van der Waals surface area contributed by atoms with Gasteiger partial charge in [0.15, 0.2) is 0 Å². The van der Waals surface area contributed by atoms with Crippen LogP contribution in [0.15, 0.2) is 78.9 Å². The Morgan fingerprint density at radius 3 is 2.20 bits per heavy atom. The molecular weight excluding hydrogens is 314 g/mol. The number of aryl methyl sites for hydroxylation is 1. The van der Waals surface area contributed by atoms with Gasteiger partial charge in [-0.3, -0.25) is 10.1 Å². The van der Waals surface area contributed by atoms with Crippen molar-refractivity contribution >= 4 is 22.9 Å². The van der Waals surface area contributed by atoms with E-state index in [4.69, 9.17) is 0 Å². The van der Waals surface area contributed by atoms with Crippen molar-refractivity contribution in [3.8, 4) is 0 Å². The maximum Gasteiger partial charge on any atom is 0.285 e. The molecule has 25 heavy (non-hydrogen) atoms. The number of nitrogens with one attached hydrogen (secondary N) is 2. The summed E-state index contributed by atoms with van der Waals surface area (Å²) in [6.07, 6.45) is 0. The Labute approximate surface area is 145 Å². The lowest BCUT2D eigenvalue weighted by atomic mass is 10.1. The molecule has 124 valence electrons. The molecule has 0 fully saturated rings. The molecule has 0 radical (unpaired) electrons. The minimum atomic E-state index is -0.406. The third kappa shape index (κ3) is 4.09. The summed E-state index contributed by atoms with van der Waals surface area (Å²) in [4.78, 5) is 13.8. The Bertz CT molecular complexity index is 904. The second-order valence-corrected chi connectivity index (χ2v) is 5.61. The molecule has 0 aliphatic carbocycles. The number of rotatable bonds is 4. The van der Waals surface area contributed by atoms with Crippen molar-refractivity contribution in [1.82, 2.24) is 0 Å². The standard InChI is InChI=1S/C20H17N3O2/c1-15-7-5-6-10-19(15)22-20(16-8-3-2-4-9-16)21-17-11-13-18(14-12-17)23(24)25/h2-14H,1H3,(H,21,22)/p+1. The molecule has 2 N–H and O–H groups in total. The maximum absolute atomic E-state index is 10.8. The molecule has 0 unspecified atom stereocenters. The van der Waals surface area contributed by atoms with E-state index in [1.165, 1.54) is 12.1 Å². The fraction of sp³-hybridized carbons (Fsp3) is 0.0500. The van der Waals surface area contributed by atoms with Crippen molar-refractivity contribution in [2.45, 2.75) is 6.92 Å². The SMILES string of the molecule is Cc1ccccc1[NH+]=C(Nc1ccc([N+](=O)[O-])cc1)c1ccccc1. The van der Waals surface area contributed by atoms with Gasteiger partial charge in [-0.1, -0.05) is 36.4 Å². The van der Waals surface area contributed by atoms with Gasteiger partial charge in [0.1, 0.15) is 11.4 Å². The minimum absolute atomic E-state index is 0.0682. The van der Waals surface area contributed by atoms with Crippen molar-refractivity contribution in [2.75, 3.05) is 5.32 Å². The Morgan fingerprint density at radius 1 is 0.920 bits per heavy atom. The van der Waals surface area contributed by atoms with Gasteiger partial charge in [0.2, 0.25) is 0 Å². The second kappa shape index (κ2) is 7.40. The van der Waals surface area contributed by atoms with E-state index in [0.29, 0.717) is 0 Å². The van der Waals surface area contributed by atoms with Crippen LogP contribution in [-0.2, 0) is 0 Å². The zero-order chi connectivity index (χ0) is 17.6. The van der Waals surface area contributed by atoms with Crippen LogP contribution in [0.2, 0.25) is 0 Å². The highest BCUT2D eigenvalue weighted by atomic mass is 16.6. The van der Waals surface area contributed by atoms with Crippen molar-refractivity contribution in [2.24, 2.45) is 0 Å². The normalized spacial score (nSPS) is 11.2. The number of hydrogen-bond acceptors (Lipinski definition) is 2. The van der Waals surface area contributed by atoms with Crippen LogP contribution in [0, 0.1) is 17.0 Å². The second-order valence-electron chi connectivity index (χ2n) is 5.61. The first-order chi connectivity index (χ1) is 12.1. The zero-order valence-electron chi connectivity index (χ0n) is 13.8. The van der Waals surface area contributed by atoms with Gasteiger partial charge in [-0.25, -0.2) is 10.3 Å². The van der Waals surface area contributed by atoms with E-state index >= 15 is 0 Å². The van der Waals surface area contributed by atoms with Gasteiger partial charge in [0.25, 0.3) is 11.5 Å². The average molecular weight is 332 g/mol. The summed E-state index contributed by atoms with van der Waals surface area (Å²) < 4.78 is 0. The molecule has 0 aliphatic heterocycles. The third-order valence-electron chi connectivity index (χ3n) is 3.81. The molecule has 5 heteroatoms. The molecule has 0 amide bonds. The van der Waals surface area contributed by atoms with Crippen LogP contribution in [0.1, 0.15) is 11.1 Å². The topological polar surface area (TPSA) is 69.1 Å². The van der Waals surface area contributed by atoms with Crippen molar-refractivity contribution in [3.05, 3.63) is 100 Å². The van der Waals surface area contributed by atoms with Crippen LogP contribution in [-0.4, -0.2) is 10.8 Å². The number of benzene rings is 3. The van der Waals surface area contributed by atoms with Crippen LogP contribution in [0.25, 0.3) is 0 Å². The van der Waals surface area contributed by atoms with E-state index < -0.39 is 4.92 Å². The summed E-state index contributed by atoms with van der Waals surface area (Å²) in [5, 5.41) is 14.1. The first kappa shape index (κ1) is 16.4. The molecule has 0 spiro atoms. The smallest absolute Gasteiger partial charge is 0.258 e. The Balaban J connectivity index is 1.97. The van der Waals surface area contributed by atoms with Crippen molar-refractivity contribution in [3.63, 3.8) is 0 Å². The van der Waals surface area contributed by atoms with Gasteiger partial charge in [0, 0.05) is 12.1 Å². The zero-order valence-corrected chi connectivity index (χ0v) is 13.8. The quantitative estimate of drug-likeness (QED) is 0.334. The van der Waals surface area contributed by atoms with Crippen molar-refractivity contribution in [1.29, 1.82) is 0 Å². The third-order valence-corrected chi connectivity index (χ3v) is 3.81. The van der Waals surface area contributed by atoms with Crippen LogP contribution in [0.3, 0.4) is 0 Å². The number of amidine groups is 1. The highest BCUT2D eigenvalue weighted by molar-refractivity contribution is 6.04. The summed E-state index contributed by atoms with van der Waals surface area (Å²) in [5.74, 6) is 0.809. The molecular formula is C20H18N3O2+. The molecule has 0 atom stereocenters. The summed E-state index contributed by atoms with van der Waals surface area (Å²) in [6.45, 7) is 2.04. The van der Waals surface area contributed by atoms with Crippen LogP contribution in [0.4, 0.5) is 17.1 Å². The fourth-order valence-electron chi connectivity index (χ4n) is 2.44. The van der Waals surface area contributed by atoms with Gasteiger partial charge in [-0.2, -0.15) is 0 Å². The molecule has 0 bridgehead atoms. The number of nitro groups is 1. The Hall–Kier alpha value is -3.47. The predicted octanol–water partition coefficient (Wildman–Crippen LogP) is 3.17. The van der Waals surface area contributed by atoms with E-state index in [0.717, 1.165) is 28.3 Å². The van der Waals surface area contributed by atoms with E-state index in [2.05, 4.69) is 10.3 Å². The number of non-ortho nitro benzene ring substituents is 1. The Morgan fingerprint density at radius 2 is 1.56 bits per heavy atom. The molecule has 0 saturated carbocycles. The van der Waals surface area contributed by atoms with Crippen molar-refractivity contribution < 1.29 is 9.92 Å². The van der Waals surface area contributed by atoms with Crippen LogP contribution < -0.4 is 10.3 Å². The minimum Gasteiger partial charge on any atom is -0.258 e. The average Bonchev–Trinajstić information content (AvgIpc) is 2.64. The molecule has 5 nitrogen and oxygen atoms in total. The number of nitrogens with zero attached hydrogens (tertiary/aromatic N) is 1. The van der Waals surface area contributed by atoms with E-state index in [9.17, 15) is 10.1 Å². The van der Waals surface area contributed by atoms with Crippen LogP contribution in [0.5, 0.6) is 0 Å². The van der Waals surface area contributed by atoms with Gasteiger partial charge in [-0.15, -0.1) is 0 Å². The number of nitro benzene ring substituents is 1. The lowest BCUT2D eigenvalue weighted by Gasteiger charge is -2.05. The Kier molecular flexibility index (Phi) is 4.85. The van der Waals surface area contributed by atoms with Gasteiger partial charge >= 0.3 is 0 Å². The first-order valence-electron chi connectivity index (χ1n) is 7.90. The summed E-state index contributed by atoms with van der Waals surface area (Å²) in [6, 6.07) is 24.3. The number of hydrogen-bond donors (Lipinski definition) is 2. The van der Waals surface area contributed by atoms with E-state index in [-0.39, 0.29) is 5.69 Å². The first-order valence-corrected chi connectivity index (χ1v) is 7.90. The summed E-state index contributed by atoms with van der Waals surface area (Å²) in [7, 11) is 0. The lowest BCUT2D eigenvalue weighted by molar-refractivity contribution is -0.384. The van der Waals surface area contributed by atoms with Crippen LogP contribution >= 0.6 is 0 Å². The lowest BCUT2D eigenvalue weighted by Crippen LogP contribution is -2.69. The molecule has 0 heterocycles. The maximum atomic E-state index is 10.8. The van der Waals surface area contributed by atoms with Gasteiger partial charge < -0.3 is 0 Å². The molecule has 3 aromatic carbocycles.